The minimum atomic E-state index is -1.09. The molecular formula is C30H30ClFN4O4. The van der Waals surface area contributed by atoms with Crippen LogP contribution in [0.5, 0.6) is 0 Å². The van der Waals surface area contributed by atoms with Gasteiger partial charge in [-0.05, 0) is 49.6 Å². The lowest BCUT2D eigenvalue weighted by Gasteiger charge is -2.47. The monoisotopic (exact) mass is 564 g/mol. The van der Waals surface area contributed by atoms with Crippen molar-refractivity contribution in [2.75, 3.05) is 24.5 Å². The van der Waals surface area contributed by atoms with E-state index in [-0.39, 0.29) is 27.8 Å². The number of nitrogens with zero attached hydrogens (tertiary/aromatic N) is 4. The average Bonchev–Trinajstić information content (AvgIpc) is 3.32. The molecule has 0 unspecified atom stereocenters. The van der Waals surface area contributed by atoms with Crippen molar-refractivity contribution in [2.45, 2.75) is 45.6 Å². The van der Waals surface area contributed by atoms with Crippen molar-refractivity contribution in [1.29, 1.82) is 0 Å². The number of carboxylic acid groups (broad SMARTS) is 1. The molecule has 4 aromatic rings. The first-order valence-electron chi connectivity index (χ1n) is 12.9. The molecule has 1 amide bonds. The van der Waals surface area contributed by atoms with Crippen molar-refractivity contribution in [2.24, 2.45) is 0 Å². The summed E-state index contributed by atoms with van der Waals surface area (Å²) in [5.41, 5.74) is 2.77. The van der Waals surface area contributed by atoms with Crippen molar-refractivity contribution in [1.82, 2.24) is 14.9 Å². The van der Waals surface area contributed by atoms with Gasteiger partial charge in [-0.1, -0.05) is 38.4 Å². The average molecular weight is 565 g/mol. The molecule has 208 valence electrons. The number of hydrogen-bond donors (Lipinski definition) is 1. The van der Waals surface area contributed by atoms with Gasteiger partial charge >= 0.3 is 5.97 Å². The predicted molar refractivity (Wildman–Crippen MR) is 152 cm³/mol. The SMILES string of the molecule is CC(C)(C)c1cc(-c2ccc(Cl)c(F)c2)nc2cc(C(=O)N3CCN(c4ccnc(C(=O)O)c4)CC3(C)C)oc12. The number of carboxylic acids is 1. The van der Waals surface area contributed by atoms with Crippen LogP contribution in [0.3, 0.4) is 0 Å². The molecule has 1 saturated heterocycles. The van der Waals surface area contributed by atoms with Gasteiger partial charge in [0.15, 0.2) is 11.3 Å². The number of pyridine rings is 2. The summed E-state index contributed by atoms with van der Waals surface area (Å²) in [6, 6.07) is 11.4. The zero-order chi connectivity index (χ0) is 29.0. The number of piperazine rings is 1. The van der Waals surface area contributed by atoms with Crippen LogP contribution in [0.15, 0.2) is 53.1 Å². The zero-order valence-corrected chi connectivity index (χ0v) is 23.7. The predicted octanol–water partition coefficient (Wildman–Crippen LogP) is 6.42. The van der Waals surface area contributed by atoms with Crippen molar-refractivity contribution < 1.29 is 23.5 Å². The number of fused-ring (bicyclic) bond motifs is 1. The van der Waals surface area contributed by atoms with Crippen LogP contribution in [0.2, 0.25) is 5.02 Å². The maximum absolute atomic E-state index is 14.2. The van der Waals surface area contributed by atoms with Gasteiger partial charge in [-0.15, -0.1) is 0 Å². The number of carbonyl (C=O) groups is 2. The Bertz CT molecular complexity index is 1640. The minimum absolute atomic E-state index is 0.0288. The molecule has 0 saturated carbocycles. The largest absolute Gasteiger partial charge is 0.477 e. The molecule has 0 radical (unpaired) electrons. The fourth-order valence-corrected chi connectivity index (χ4v) is 5.22. The van der Waals surface area contributed by atoms with Crippen LogP contribution in [0.4, 0.5) is 10.1 Å². The number of rotatable bonds is 4. The molecule has 4 heterocycles. The summed E-state index contributed by atoms with van der Waals surface area (Å²) >= 11 is 5.88. The van der Waals surface area contributed by atoms with E-state index in [1.54, 1.807) is 29.2 Å². The number of benzene rings is 1. The van der Waals surface area contributed by atoms with Gasteiger partial charge in [0.25, 0.3) is 5.91 Å². The Morgan fingerprint density at radius 1 is 1.10 bits per heavy atom. The van der Waals surface area contributed by atoms with Crippen LogP contribution in [0.25, 0.3) is 22.4 Å². The van der Waals surface area contributed by atoms with Crippen LogP contribution in [0.1, 0.15) is 61.2 Å². The summed E-state index contributed by atoms with van der Waals surface area (Å²) in [6.07, 6.45) is 1.48. The van der Waals surface area contributed by atoms with Gasteiger partial charge in [0.05, 0.1) is 16.3 Å². The van der Waals surface area contributed by atoms with E-state index in [9.17, 15) is 19.1 Å². The molecule has 1 aliphatic rings. The number of aromatic nitrogens is 2. The van der Waals surface area contributed by atoms with E-state index in [1.165, 1.54) is 18.3 Å². The molecule has 40 heavy (non-hydrogen) atoms. The summed E-state index contributed by atoms with van der Waals surface area (Å²) < 4.78 is 20.4. The number of furan rings is 1. The summed E-state index contributed by atoms with van der Waals surface area (Å²) in [7, 11) is 0. The van der Waals surface area contributed by atoms with Crippen LogP contribution in [-0.2, 0) is 5.41 Å². The Morgan fingerprint density at radius 2 is 1.85 bits per heavy atom. The number of anilines is 1. The zero-order valence-electron chi connectivity index (χ0n) is 23.0. The minimum Gasteiger partial charge on any atom is -0.477 e. The molecule has 1 N–H and O–H groups in total. The van der Waals surface area contributed by atoms with Gasteiger partial charge in [0, 0.05) is 48.7 Å². The van der Waals surface area contributed by atoms with Crippen molar-refractivity contribution >= 4 is 40.3 Å². The second-order valence-electron chi connectivity index (χ2n) is 11.7. The topological polar surface area (TPSA) is 99.8 Å². The highest BCUT2D eigenvalue weighted by molar-refractivity contribution is 6.30. The molecule has 0 spiro atoms. The van der Waals surface area contributed by atoms with E-state index in [0.717, 1.165) is 11.3 Å². The Labute approximate surface area is 236 Å². The lowest BCUT2D eigenvalue weighted by atomic mass is 9.86. The third-order valence-corrected chi connectivity index (χ3v) is 7.49. The van der Waals surface area contributed by atoms with Crippen LogP contribution in [-0.4, -0.2) is 57.0 Å². The van der Waals surface area contributed by atoms with Gasteiger partial charge in [-0.25, -0.2) is 19.2 Å². The molecule has 0 atom stereocenters. The molecule has 3 aromatic heterocycles. The first kappa shape index (κ1) is 27.6. The molecule has 8 nitrogen and oxygen atoms in total. The van der Waals surface area contributed by atoms with Crippen LogP contribution < -0.4 is 4.90 Å². The van der Waals surface area contributed by atoms with E-state index in [2.05, 4.69) is 4.98 Å². The highest BCUT2D eigenvalue weighted by Gasteiger charge is 2.39. The van der Waals surface area contributed by atoms with Crippen LogP contribution in [0, 0.1) is 5.82 Å². The second kappa shape index (κ2) is 9.89. The normalized spacial score (nSPS) is 15.5. The Hall–Kier alpha value is -3.98. The fourth-order valence-electron chi connectivity index (χ4n) is 5.11. The third-order valence-electron chi connectivity index (χ3n) is 7.19. The van der Waals surface area contributed by atoms with Crippen molar-refractivity contribution in [3.05, 3.63) is 76.5 Å². The fraction of sp³-hybridized carbons (Fsp3) is 0.333. The van der Waals surface area contributed by atoms with E-state index >= 15 is 0 Å². The lowest BCUT2D eigenvalue weighted by molar-refractivity contribution is 0.0484. The number of aromatic carboxylic acids is 1. The quantitative estimate of drug-likeness (QED) is 0.305. The summed E-state index contributed by atoms with van der Waals surface area (Å²) in [5, 5.41) is 9.35. The number of carbonyl (C=O) groups excluding carboxylic acids is 1. The van der Waals surface area contributed by atoms with Gasteiger partial charge < -0.3 is 19.3 Å². The Kier molecular flexibility index (Phi) is 6.82. The smallest absolute Gasteiger partial charge is 0.354 e. The molecule has 0 aliphatic carbocycles. The lowest BCUT2D eigenvalue weighted by Crippen LogP contribution is -2.61. The molecule has 0 bridgehead atoms. The molecule has 5 rings (SSSR count). The van der Waals surface area contributed by atoms with Crippen LogP contribution >= 0.6 is 11.6 Å². The molecule has 1 aromatic carbocycles. The Balaban J connectivity index is 1.48. The molecular weight excluding hydrogens is 535 g/mol. The third kappa shape index (κ3) is 5.13. The van der Waals surface area contributed by atoms with E-state index in [4.69, 9.17) is 21.0 Å². The molecule has 1 fully saturated rings. The molecule has 10 heteroatoms. The highest BCUT2D eigenvalue weighted by Crippen LogP contribution is 2.36. The van der Waals surface area contributed by atoms with Gasteiger partial charge in [0.1, 0.15) is 17.0 Å². The standard InChI is InChI=1S/C30H30ClFN4O4/c1-29(2,3)19-14-22(17-6-7-20(31)21(32)12-17)34-23-15-25(40-26(19)23)27(37)36-11-10-35(16-30(36,4)5)18-8-9-33-24(13-18)28(38)39/h6-9,12-15H,10-11,16H2,1-5H3,(H,38,39). The van der Waals surface area contributed by atoms with Crippen molar-refractivity contribution in [3.8, 4) is 11.3 Å². The van der Waals surface area contributed by atoms with Gasteiger partial charge in [0.2, 0.25) is 0 Å². The maximum Gasteiger partial charge on any atom is 0.354 e. The summed E-state index contributed by atoms with van der Waals surface area (Å²) in [6.45, 7) is 11.4. The van der Waals surface area contributed by atoms with Gasteiger partial charge in [-0.3, -0.25) is 4.79 Å². The van der Waals surface area contributed by atoms with Gasteiger partial charge in [-0.2, -0.15) is 0 Å². The van der Waals surface area contributed by atoms with E-state index < -0.39 is 17.3 Å². The summed E-state index contributed by atoms with van der Waals surface area (Å²) in [5.74, 6) is -1.71. The number of amides is 1. The highest BCUT2D eigenvalue weighted by atomic mass is 35.5. The summed E-state index contributed by atoms with van der Waals surface area (Å²) in [4.78, 5) is 37.6. The maximum atomic E-state index is 14.2. The number of hydrogen-bond acceptors (Lipinski definition) is 6. The first-order chi connectivity index (χ1) is 18.7. The van der Waals surface area contributed by atoms with Crippen molar-refractivity contribution in [3.63, 3.8) is 0 Å². The Morgan fingerprint density at radius 3 is 2.50 bits per heavy atom. The first-order valence-corrected chi connectivity index (χ1v) is 13.3. The van der Waals surface area contributed by atoms with E-state index in [0.29, 0.717) is 42.0 Å². The molecule has 1 aliphatic heterocycles. The van der Waals surface area contributed by atoms with E-state index in [1.807, 2.05) is 45.6 Å². The second-order valence-corrected chi connectivity index (χ2v) is 12.1. The number of halogens is 2.